The number of ether oxygens (including phenoxy) is 1. The Balaban J connectivity index is 1.78. The van der Waals surface area contributed by atoms with Crippen LogP contribution in [0.5, 0.6) is 5.75 Å². The molecule has 1 aromatic carbocycles. The van der Waals surface area contributed by atoms with E-state index in [1.54, 1.807) is 23.5 Å². The molecule has 29 heavy (non-hydrogen) atoms. The molecule has 1 aliphatic heterocycles. The van der Waals surface area contributed by atoms with Gasteiger partial charge in [0, 0.05) is 44.5 Å². The lowest BCUT2D eigenvalue weighted by atomic mass is 10.1. The van der Waals surface area contributed by atoms with E-state index in [0.717, 1.165) is 29.2 Å². The highest BCUT2D eigenvalue weighted by Crippen LogP contribution is 2.29. The van der Waals surface area contributed by atoms with Gasteiger partial charge >= 0.3 is 0 Å². The molecule has 0 saturated carbocycles. The van der Waals surface area contributed by atoms with Gasteiger partial charge in [0.1, 0.15) is 11.6 Å². The van der Waals surface area contributed by atoms with Crippen molar-refractivity contribution in [2.24, 2.45) is 0 Å². The average molecular weight is 420 g/mol. The number of aryl methyl sites for hydroxylation is 1. The summed E-state index contributed by atoms with van der Waals surface area (Å²) in [4.78, 5) is 11.4. The summed E-state index contributed by atoms with van der Waals surface area (Å²) >= 11 is 0. The monoisotopic (exact) mass is 419 g/mol. The van der Waals surface area contributed by atoms with E-state index in [1.165, 1.54) is 0 Å². The minimum Gasteiger partial charge on any atom is -0.496 e. The lowest BCUT2D eigenvalue weighted by Crippen LogP contribution is -2.49. The van der Waals surface area contributed by atoms with Gasteiger partial charge in [-0.25, -0.2) is 13.4 Å². The van der Waals surface area contributed by atoms with Gasteiger partial charge in [-0.3, -0.25) is 0 Å². The maximum Gasteiger partial charge on any atom is 0.243 e. The van der Waals surface area contributed by atoms with E-state index in [4.69, 9.17) is 4.74 Å². The Morgan fingerprint density at radius 1 is 1.07 bits per heavy atom. The molecule has 0 aliphatic carbocycles. The molecule has 0 spiro atoms. The standard InChI is InChI=1S/C20H29N5O3S/c1-6-21-20-22-14(2)13-19(23-20)24-9-11-25(12-10-24)29(26,27)18-8-7-17(28-5)15(3)16(18)4/h7-8,13H,6,9-12H2,1-5H3,(H,21,22,23). The van der Waals surface area contributed by atoms with Crippen LogP contribution in [0, 0.1) is 20.8 Å². The van der Waals surface area contributed by atoms with Crippen molar-refractivity contribution < 1.29 is 13.2 Å². The number of nitrogens with zero attached hydrogens (tertiary/aromatic N) is 4. The van der Waals surface area contributed by atoms with E-state index in [-0.39, 0.29) is 0 Å². The van der Waals surface area contributed by atoms with Crippen LogP contribution >= 0.6 is 0 Å². The minimum atomic E-state index is -3.56. The number of rotatable bonds is 6. The summed E-state index contributed by atoms with van der Waals surface area (Å²) in [7, 11) is -1.98. The van der Waals surface area contributed by atoms with Gasteiger partial charge < -0.3 is 15.0 Å². The maximum absolute atomic E-state index is 13.2. The van der Waals surface area contributed by atoms with E-state index in [2.05, 4.69) is 20.2 Å². The summed E-state index contributed by atoms with van der Waals surface area (Å²) in [5, 5.41) is 3.14. The number of nitrogens with one attached hydrogen (secondary N) is 1. The third-order valence-electron chi connectivity index (χ3n) is 5.26. The Kier molecular flexibility index (Phi) is 6.28. The Hall–Kier alpha value is -2.39. The summed E-state index contributed by atoms with van der Waals surface area (Å²) in [5.41, 5.74) is 2.46. The summed E-state index contributed by atoms with van der Waals surface area (Å²) in [6.07, 6.45) is 0. The molecule has 0 bridgehead atoms. The van der Waals surface area contributed by atoms with Gasteiger partial charge in [0.25, 0.3) is 0 Å². The third kappa shape index (κ3) is 4.30. The Morgan fingerprint density at radius 2 is 1.76 bits per heavy atom. The molecular formula is C20H29N5O3S. The van der Waals surface area contributed by atoms with Crippen LogP contribution in [0.15, 0.2) is 23.1 Å². The highest BCUT2D eigenvalue weighted by Gasteiger charge is 2.31. The zero-order valence-electron chi connectivity index (χ0n) is 17.7. The average Bonchev–Trinajstić information content (AvgIpc) is 2.69. The molecule has 0 unspecified atom stereocenters. The fourth-order valence-corrected chi connectivity index (χ4v) is 5.22. The van der Waals surface area contributed by atoms with E-state index in [9.17, 15) is 8.42 Å². The van der Waals surface area contributed by atoms with Gasteiger partial charge in [0.15, 0.2) is 0 Å². The molecule has 2 heterocycles. The van der Waals surface area contributed by atoms with E-state index in [1.807, 2.05) is 33.8 Å². The number of hydrogen-bond donors (Lipinski definition) is 1. The minimum absolute atomic E-state index is 0.344. The molecule has 1 N–H and O–H groups in total. The Morgan fingerprint density at radius 3 is 2.38 bits per heavy atom. The molecule has 0 amide bonds. The van der Waals surface area contributed by atoms with Crippen LogP contribution in [0.4, 0.5) is 11.8 Å². The summed E-state index contributed by atoms with van der Waals surface area (Å²) in [5.74, 6) is 2.12. The second kappa shape index (κ2) is 8.54. The van der Waals surface area contributed by atoms with Crippen LogP contribution < -0.4 is 15.0 Å². The summed E-state index contributed by atoms with van der Waals surface area (Å²) in [6, 6.07) is 5.29. The summed E-state index contributed by atoms with van der Waals surface area (Å²) < 4.78 is 33.3. The van der Waals surface area contributed by atoms with E-state index >= 15 is 0 Å². The predicted octanol–water partition coefficient (Wildman–Crippen LogP) is 2.35. The molecule has 0 radical (unpaired) electrons. The first kappa shape index (κ1) is 21.3. The van der Waals surface area contributed by atoms with Gasteiger partial charge in [0.05, 0.1) is 12.0 Å². The number of aromatic nitrogens is 2. The SMILES string of the molecule is CCNc1nc(C)cc(N2CCN(S(=O)(=O)c3ccc(OC)c(C)c3C)CC2)n1. The van der Waals surface area contributed by atoms with Gasteiger partial charge in [-0.05, 0) is 51.0 Å². The zero-order valence-corrected chi connectivity index (χ0v) is 18.5. The van der Waals surface area contributed by atoms with Gasteiger partial charge in [0.2, 0.25) is 16.0 Å². The van der Waals surface area contributed by atoms with Crippen LogP contribution in [-0.4, -0.2) is 62.5 Å². The quantitative estimate of drug-likeness (QED) is 0.769. The molecule has 1 fully saturated rings. The van der Waals surface area contributed by atoms with E-state index < -0.39 is 10.0 Å². The third-order valence-corrected chi connectivity index (χ3v) is 7.31. The predicted molar refractivity (Wildman–Crippen MR) is 114 cm³/mol. The van der Waals surface area contributed by atoms with Crippen LogP contribution in [-0.2, 0) is 10.0 Å². The van der Waals surface area contributed by atoms with Gasteiger partial charge in [-0.15, -0.1) is 0 Å². The van der Waals surface area contributed by atoms with Crippen LogP contribution in [0.3, 0.4) is 0 Å². The Labute approximate surface area is 173 Å². The van der Waals surface area contributed by atoms with Gasteiger partial charge in [-0.1, -0.05) is 0 Å². The van der Waals surface area contributed by atoms with Crippen molar-refractivity contribution in [3.63, 3.8) is 0 Å². The second-order valence-electron chi connectivity index (χ2n) is 7.13. The molecule has 0 atom stereocenters. The number of sulfonamides is 1. The van der Waals surface area contributed by atoms with Crippen molar-refractivity contribution in [1.29, 1.82) is 0 Å². The van der Waals surface area contributed by atoms with Crippen molar-refractivity contribution in [2.45, 2.75) is 32.6 Å². The molecule has 1 saturated heterocycles. The lowest BCUT2D eigenvalue weighted by molar-refractivity contribution is 0.383. The Bertz CT molecular complexity index is 986. The van der Waals surface area contributed by atoms with Gasteiger partial charge in [-0.2, -0.15) is 9.29 Å². The second-order valence-corrected chi connectivity index (χ2v) is 9.03. The molecular weight excluding hydrogens is 390 g/mol. The zero-order chi connectivity index (χ0) is 21.2. The first-order valence-electron chi connectivity index (χ1n) is 9.76. The molecule has 2 aromatic rings. The van der Waals surface area contributed by atoms with Crippen molar-refractivity contribution >= 4 is 21.8 Å². The summed E-state index contributed by atoms with van der Waals surface area (Å²) in [6.45, 7) is 10.4. The molecule has 9 heteroatoms. The number of anilines is 2. The number of hydrogen-bond acceptors (Lipinski definition) is 7. The first-order chi connectivity index (χ1) is 13.8. The fourth-order valence-electron chi connectivity index (χ4n) is 3.52. The molecule has 8 nitrogen and oxygen atoms in total. The lowest BCUT2D eigenvalue weighted by Gasteiger charge is -2.35. The highest BCUT2D eigenvalue weighted by atomic mass is 32.2. The van der Waals surface area contributed by atoms with Crippen LogP contribution in [0.25, 0.3) is 0 Å². The number of piperazine rings is 1. The normalized spacial score (nSPS) is 15.4. The molecule has 1 aliphatic rings. The van der Waals surface area contributed by atoms with Crippen molar-refractivity contribution in [1.82, 2.24) is 14.3 Å². The van der Waals surface area contributed by atoms with Crippen molar-refractivity contribution in [2.75, 3.05) is 50.1 Å². The fraction of sp³-hybridized carbons (Fsp3) is 0.500. The number of benzene rings is 1. The molecule has 158 valence electrons. The van der Waals surface area contributed by atoms with Crippen molar-refractivity contribution in [3.05, 3.63) is 35.0 Å². The maximum atomic E-state index is 13.2. The largest absolute Gasteiger partial charge is 0.496 e. The van der Waals surface area contributed by atoms with Crippen LogP contribution in [0.2, 0.25) is 0 Å². The van der Waals surface area contributed by atoms with Crippen molar-refractivity contribution in [3.8, 4) is 5.75 Å². The number of methoxy groups -OCH3 is 1. The van der Waals surface area contributed by atoms with E-state index in [0.29, 0.717) is 42.8 Å². The first-order valence-corrected chi connectivity index (χ1v) is 11.2. The molecule has 1 aromatic heterocycles. The smallest absolute Gasteiger partial charge is 0.243 e. The molecule has 3 rings (SSSR count). The topological polar surface area (TPSA) is 87.7 Å². The highest BCUT2D eigenvalue weighted by molar-refractivity contribution is 7.89. The van der Waals surface area contributed by atoms with Crippen LogP contribution in [0.1, 0.15) is 23.7 Å².